The van der Waals surface area contributed by atoms with Gasteiger partial charge in [0.2, 0.25) is 0 Å². The lowest BCUT2D eigenvalue weighted by molar-refractivity contribution is 0.102. The smallest absolute Gasteiger partial charge is 0.0679 e. The highest BCUT2D eigenvalue weighted by atomic mass is 16.3. The molecule has 1 saturated heterocycles. The van der Waals surface area contributed by atoms with Crippen LogP contribution in [0.2, 0.25) is 0 Å². The Bertz CT molecular complexity index is 249. The maximum absolute atomic E-state index is 9.67. The second kappa shape index (κ2) is 6.36. The summed E-state index contributed by atoms with van der Waals surface area (Å²) in [5, 5.41) is 13.3. The van der Waals surface area contributed by atoms with Crippen LogP contribution >= 0.6 is 0 Å². The topological polar surface area (TPSA) is 35.5 Å². The summed E-state index contributed by atoms with van der Waals surface area (Å²) in [5.74, 6) is 0. The third-order valence-electron chi connectivity index (χ3n) is 4.61. The number of rotatable bonds is 5. The Kier molecular flexibility index (Phi) is 5.05. The van der Waals surface area contributed by atoms with E-state index in [1.807, 2.05) is 0 Å². The number of hydrogen-bond donors (Lipinski definition) is 2. The lowest BCUT2D eigenvalue weighted by Crippen LogP contribution is -2.46. The number of hydrogen-bond acceptors (Lipinski definition) is 3. The first-order chi connectivity index (χ1) is 8.60. The van der Waals surface area contributed by atoms with Gasteiger partial charge in [-0.2, -0.15) is 0 Å². The van der Waals surface area contributed by atoms with E-state index in [2.05, 4.69) is 24.1 Å². The molecule has 3 nitrogen and oxygen atoms in total. The minimum Gasteiger partial charge on any atom is -0.392 e. The maximum atomic E-state index is 9.67. The van der Waals surface area contributed by atoms with E-state index >= 15 is 0 Å². The fourth-order valence-corrected chi connectivity index (χ4v) is 3.54. The minimum absolute atomic E-state index is 0.0799. The van der Waals surface area contributed by atoms with Crippen molar-refractivity contribution in [3.05, 3.63) is 0 Å². The minimum atomic E-state index is -0.0799. The third kappa shape index (κ3) is 3.94. The van der Waals surface area contributed by atoms with Crippen LogP contribution in [0.25, 0.3) is 0 Å². The molecule has 1 atom stereocenters. The maximum Gasteiger partial charge on any atom is 0.0679 e. The molecule has 106 valence electrons. The summed E-state index contributed by atoms with van der Waals surface area (Å²) in [4.78, 5) is 2.48. The highest BCUT2D eigenvalue weighted by Crippen LogP contribution is 2.37. The Morgan fingerprint density at radius 1 is 1.28 bits per heavy atom. The summed E-state index contributed by atoms with van der Waals surface area (Å²) in [7, 11) is 0. The van der Waals surface area contributed by atoms with Crippen LogP contribution in [0.5, 0.6) is 0 Å². The van der Waals surface area contributed by atoms with Crippen molar-refractivity contribution in [3.8, 4) is 0 Å². The molecule has 2 rings (SSSR count). The van der Waals surface area contributed by atoms with Gasteiger partial charge in [0, 0.05) is 32.2 Å². The Hall–Kier alpha value is -0.120. The summed E-state index contributed by atoms with van der Waals surface area (Å²) in [6.45, 7) is 8.78. The van der Waals surface area contributed by atoms with Crippen LogP contribution in [0.3, 0.4) is 0 Å². The van der Waals surface area contributed by atoms with Gasteiger partial charge in [0.15, 0.2) is 0 Å². The van der Waals surface area contributed by atoms with Gasteiger partial charge < -0.3 is 15.3 Å². The molecule has 1 heterocycles. The van der Waals surface area contributed by atoms with Gasteiger partial charge in [0.25, 0.3) is 0 Å². The number of nitrogens with zero attached hydrogens (tertiary/aromatic N) is 1. The molecule has 0 aromatic carbocycles. The zero-order valence-electron chi connectivity index (χ0n) is 12.1. The average molecular weight is 254 g/mol. The number of nitrogens with one attached hydrogen (secondary N) is 1. The van der Waals surface area contributed by atoms with Crippen molar-refractivity contribution >= 4 is 0 Å². The van der Waals surface area contributed by atoms with Crippen LogP contribution in [0, 0.1) is 5.41 Å². The van der Waals surface area contributed by atoms with Crippen LogP contribution in [-0.2, 0) is 0 Å². The fraction of sp³-hybridized carbons (Fsp3) is 1.00. The molecule has 1 aliphatic carbocycles. The van der Waals surface area contributed by atoms with E-state index in [0.29, 0.717) is 11.5 Å². The molecular weight excluding hydrogens is 224 g/mol. The molecule has 0 aromatic rings. The molecular formula is C15H30N2O. The molecule has 1 unspecified atom stereocenters. The number of β-amino-alcohol motifs (C(OH)–C–C–N with tert-alkyl or cyclic N) is 1. The molecule has 0 spiro atoms. The first kappa shape index (κ1) is 14.3. The standard InChI is InChI=1S/C15H30N2O/c1-13(2)16-11-15(7-4-3-5-8-15)12-17-9-6-14(18)10-17/h13-14,16,18H,3-12H2,1-2H3. The van der Waals surface area contributed by atoms with Crippen LogP contribution < -0.4 is 5.32 Å². The van der Waals surface area contributed by atoms with Gasteiger partial charge in [-0.05, 0) is 24.7 Å². The second-order valence-electron chi connectivity index (χ2n) is 6.77. The van der Waals surface area contributed by atoms with Crippen LogP contribution in [0.4, 0.5) is 0 Å². The second-order valence-corrected chi connectivity index (χ2v) is 6.77. The monoisotopic (exact) mass is 254 g/mol. The molecule has 0 bridgehead atoms. The summed E-state index contributed by atoms with van der Waals surface area (Å²) < 4.78 is 0. The molecule has 0 aromatic heterocycles. The zero-order valence-corrected chi connectivity index (χ0v) is 12.1. The predicted octanol–water partition coefficient (Wildman–Crippen LogP) is 2.00. The molecule has 0 amide bonds. The zero-order chi connectivity index (χ0) is 13.0. The van der Waals surface area contributed by atoms with Gasteiger partial charge in [-0.3, -0.25) is 0 Å². The summed E-state index contributed by atoms with van der Waals surface area (Å²) in [6.07, 6.45) is 7.79. The highest BCUT2D eigenvalue weighted by molar-refractivity contribution is 4.90. The van der Waals surface area contributed by atoms with Gasteiger partial charge in [0.1, 0.15) is 0 Å². The van der Waals surface area contributed by atoms with Gasteiger partial charge in [-0.1, -0.05) is 33.1 Å². The lowest BCUT2D eigenvalue weighted by Gasteiger charge is -2.41. The van der Waals surface area contributed by atoms with E-state index in [1.165, 1.54) is 38.6 Å². The van der Waals surface area contributed by atoms with E-state index in [0.717, 1.165) is 26.1 Å². The summed E-state index contributed by atoms with van der Waals surface area (Å²) in [6, 6.07) is 0.577. The average Bonchev–Trinajstić information content (AvgIpc) is 2.73. The summed E-state index contributed by atoms with van der Waals surface area (Å²) >= 11 is 0. The van der Waals surface area contributed by atoms with E-state index in [9.17, 15) is 5.11 Å². The molecule has 2 N–H and O–H groups in total. The Morgan fingerprint density at radius 2 is 2.00 bits per heavy atom. The van der Waals surface area contributed by atoms with E-state index in [-0.39, 0.29) is 6.10 Å². The van der Waals surface area contributed by atoms with Gasteiger partial charge in [-0.15, -0.1) is 0 Å². The fourth-order valence-electron chi connectivity index (χ4n) is 3.54. The van der Waals surface area contributed by atoms with E-state index < -0.39 is 0 Å². The van der Waals surface area contributed by atoms with Crippen molar-refractivity contribution < 1.29 is 5.11 Å². The molecule has 1 saturated carbocycles. The number of aliphatic hydroxyl groups is 1. The van der Waals surface area contributed by atoms with Crippen molar-refractivity contribution in [2.45, 2.75) is 64.5 Å². The first-order valence-corrected chi connectivity index (χ1v) is 7.73. The SMILES string of the molecule is CC(C)NCC1(CN2CCC(O)C2)CCCCC1. The largest absolute Gasteiger partial charge is 0.392 e. The number of aliphatic hydroxyl groups excluding tert-OH is 1. The molecule has 18 heavy (non-hydrogen) atoms. The Labute approximate surface area is 112 Å². The molecule has 1 aliphatic heterocycles. The van der Waals surface area contributed by atoms with Crippen molar-refractivity contribution in [1.29, 1.82) is 0 Å². The van der Waals surface area contributed by atoms with E-state index in [4.69, 9.17) is 0 Å². The molecule has 2 fully saturated rings. The van der Waals surface area contributed by atoms with Gasteiger partial charge >= 0.3 is 0 Å². The van der Waals surface area contributed by atoms with Gasteiger partial charge in [0.05, 0.1) is 6.10 Å². The molecule has 3 heteroatoms. The van der Waals surface area contributed by atoms with Crippen LogP contribution in [0.1, 0.15) is 52.4 Å². The van der Waals surface area contributed by atoms with Crippen molar-refractivity contribution in [1.82, 2.24) is 10.2 Å². The molecule has 2 aliphatic rings. The lowest BCUT2D eigenvalue weighted by atomic mass is 9.73. The Balaban J connectivity index is 1.91. The number of likely N-dealkylation sites (tertiary alicyclic amines) is 1. The first-order valence-electron chi connectivity index (χ1n) is 7.73. The van der Waals surface area contributed by atoms with Gasteiger partial charge in [-0.25, -0.2) is 0 Å². The van der Waals surface area contributed by atoms with Crippen LogP contribution in [0.15, 0.2) is 0 Å². The van der Waals surface area contributed by atoms with Crippen molar-refractivity contribution in [3.63, 3.8) is 0 Å². The van der Waals surface area contributed by atoms with E-state index in [1.54, 1.807) is 0 Å². The Morgan fingerprint density at radius 3 is 2.56 bits per heavy atom. The predicted molar refractivity (Wildman–Crippen MR) is 75.7 cm³/mol. The third-order valence-corrected chi connectivity index (χ3v) is 4.61. The normalized spacial score (nSPS) is 29.0. The van der Waals surface area contributed by atoms with Crippen molar-refractivity contribution in [2.24, 2.45) is 5.41 Å². The highest BCUT2D eigenvalue weighted by Gasteiger charge is 2.35. The summed E-state index contributed by atoms with van der Waals surface area (Å²) in [5.41, 5.74) is 0.465. The molecule has 0 radical (unpaired) electrons. The van der Waals surface area contributed by atoms with Crippen LogP contribution in [-0.4, -0.2) is 48.3 Å². The quantitative estimate of drug-likeness (QED) is 0.788. The van der Waals surface area contributed by atoms with Crippen molar-refractivity contribution in [2.75, 3.05) is 26.2 Å².